The maximum Gasteiger partial charge on any atom is 0.265 e. The molecule has 0 aliphatic carbocycles. The third-order valence-electron chi connectivity index (χ3n) is 2.58. The van der Waals surface area contributed by atoms with Crippen LogP contribution in [0.25, 0.3) is 0 Å². The van der Waals surface area contributed by atoms with Crippen LogP contribution in [-0.4, -0.2) is 24.8 Å². The summed E-state index contributed by atoms with van der Waals surface area (Å²) < 4.78 is 5.30. The second-order valence-corrected chi connectivity index (χ2v) is 3.98. The molecule has 0 saturated carbocycles. The average Bonchev–Trinajstić information content (AvgIpc) is 2.32. The second-order valence-electron chi connectivity index (χ2n) is 3.98. The highest BCUT2D eigenvalue weighted by molar-refractivity contribution is 6.02. The Balaban J connectivity index is 2.41. The van der Waals surface area contributed by atoms with E-state index in [1.165, 1.54) is 11.8 Å². The highest BCUT2D eigenvalue weighted by Crippen LogP contribution is 2.32. The van der Waals surface area contributed by atoms with Crippen LogP contribution in [0.5, 0.6) is 5.75 Å². The predicted molar refractivity (Wildman–Crippen MR) is 62.9 cm³/mol. The molecule has 5 heteroatoms. The molecule has 17 heavy (non-hydrogen) atoms. The molecule has 5 nitrogen and oxygen atoms in total. The van der Waals surface area contributed by atoms with Crippen LogP contribution in [0.3, 0.4) is 0 Å². The minimum absolute atomic E-state index is 0.0255. The number of nitrogens with zero attached hydrogens (tertiary/aromatic N) is 1. The van der Waals surface area contributed by atoms with Gasteiger partial charge in [-0.05, 0) is 24.6 Å². The van der Waals surface area contributed by atoms with Gasteiger partial charge in [-0.15, -0.1) is 0 Å². The fraction of sp³-hybridized carbons (Fsp3) is 0.333. The summed E-state index contributed by atoms with van der Waals surface area (Å²) in [4.78, 5) is 24.3. The lowest BCUT2D eigenvalue weighted by atomic mass is 10.1. The van der Waals surface area contributed by atoms with E-state index in [2.05, 4.69) is 0 Å². The lowest BCUT2D eigenvalue weighted by Crippen LogP contribution is -2.41. The van der Waals surface area contributed by atoms with E-state index < -0.39 is 0 Å². The van der Waals surface area contributed by atoms with Gasteiger partial charge in [0.25, 0.3) is 5.91 Å². The number of ether oxygens (including phenoxy) is 1. The summed E-state index contributed by atoms with van der Waals surface area (Å²) in [5.41, 5.74) is 7.08. The topological polar surface area (TPSA) is 72.6 Å². The summed E-state index contributed by atoms with van der Waals surface area (Å²) in [5.74, 6) is 0.342. The Morgan fingerprint density at radius 1 is 1.53 bits per heavy atom. The Morgan fingerprint density at radius 2 is 2.29 bits per heavy atom. The van der Waals surface area contributed by atoms with Crippen LogP contribution in [0.15, 0.2) is 18.2 Å². The first-order valence-corrected chi connectivity index (χ1v) is 5.37. The SMILES string of the molecule is CC(=O)CN1C(=O)COc2ccc(CN)cc21. The maximum absolute atomic E-state index is 11.7. The van der Waals surface area contributed by atoms with E-state index >= 15 is 0 Å². The normalized spacial score (nSPS) is 14.2. The van der Waals surface area contributed by atoms with Crippen molar-refractivity contribution in [2.75, 3.05) is 18.1 Å². The minimum atomic E-state index is -0.207. The van der Waals surface area contributed by atoms with E-state index in [0.29, 0.717) is 18.0 Å². The lowest BCUT2D eigenvalue weighted by Gasteiger charge is -2.28. The smallest absolute Gasteiger partial charge is 0.265 e. The van der Waals surface area contributed by atoms with Crippen LogP contribution >= 0.6 is 0 Å². The minimum Gasteiger partial charge on any atom is -0.482 e. The first-order chi connectivity index (χ1) is 8.11. The molecule has 1 aromatic rings. The van der Waals surface area contributed by atoms with Gasteiger partial charge in [0.2, 0.25) is 0 Å². The number of nitrogens with two attached hydrogens (primary N) is 1. The molecule has 0 atom stereocenters. The van der Waals surface area contributed by atoms with Gasteiger partial charge >= 0.3 is 0 Å². The Bertz CT molecular complexity index is 471. The quantitative estimate of drug-likeness (QED) is 0.824. The molecule has 1 aromatic carbocycles. The Hall–Kier alpha value is -1.88. The number of Topliss-reactive ketones (excluding diaryl/α,β-unsaturated/α-hetero) is 1. The molecule has 1 aliphatic rings. The van der Waals surface area contributed by atoms with Gasteiger partial charge in [0.1, 0.15) is 11.5 Å². The van der Waals surface area contributed by atoms with Gasteiger partial charge in [-0.1, -0.05) is 6.07 Å². The number of amides is 1. The fourth-order valence-corrected chi connectivity index (χ4v) is 1.77. The number of rotatable bonds is 3. The van der Waals surface area contributed by atoms with Crippen molar-refractivity contribution in [2.24, 2.45) is 5.73 Å². The number of hydrogen-bond acceptors (Lipinski definition) is 4. The van der Waals surface area contributed by atoms with Crippen molar-refractivity contribution in [1.82, 2.24) is 0 Å². The third kappa shape index (κ3) is 2.29. The van der Waals surface area contributed by atoms with E-state index in [1.54, 1.807) is 12.1 Å². The summed E-state index contributed by atoms with van der Waals surface area (Å²) in [6.07, 6.45) is 0. The van der Waals surface area contributed by atoms with E-state index in [-0.39, 0.29) is 24.8 Å². The highest BCUT2D eigenvalue weighted by atomic mass is 16.5. The van der Waals surface area contributed by atoms with Crippen LogP contribution in [0.2, 0.25) is 0 Å². The first kappa shape index (κ1) is 11.6. The second kappa shape index (κ2) is 4.55. The number of hydrogen-bond donors (Lipinski definition) is 1. The lowest BCUT2D eigenvalue weighted by molar-refractivity contribution is -0.123. The van der Waals surface area contributed by atoms with Crippen LogP contribution in [0.4, 0.5) is 5.69 Å². The predicted octanol–water partition coefficient (Wildman–Crippen LogP) is 0.460. The van der Waals surface area contributed by atoms with Crippen molar-refractivity contribution in [3.05, 3.63) is 23.8 Å². The first-order valence-electron chi connectivity index (χ1n) is 5.37. The molecule has 0 radical (unpaired) electrons. The molecule has 2 rings (SSSR count). The third-order valence-corrected chi connectivity index (χ3v) is 2.58. The van der Waals surface area contributed by atoms with Crippen molar-refractivity contribution in [3.63, 3.8) is 0 Å². The van der Waals surface area contributed by atoms with Gasteiger partial charge in [-0.25, -0.2) is 0 Å². The van der Waals surface area contributed by atoms with Crippen LogP contribution < -0.4 is 15.4 Å². The van der Waals surface area contributed by atoms with E-state index in [1.807, 2.05) is 6.07 Å². The zero-order chi connectivity index (χ0) is 12.4. The largest absolute Gasteiger partial charge is 0.482 e. The molecular formula is C12H14N2O3. The zero-order valence-corrected chi connectivity index (χ0v) is 9.60. The number of carbonyl (C=O) groups is 2. The van der Waals surface area contributed by atoms with E-state index in [4.69, 9.17) is 10.5 Å². The number of fused-ring (bicyclic) bond motifs is 1. The molecule has 0 aromatic heterocycles. The summed E-state index contributed by atoms with van der Waals surface area (Å²) in [6.45, 7) is 1.88. The molecule has 90 valence electrons. The molecule has 0 spiro atoms. The van der Waals surface area contributed by atoms with Crippen LogP contribution in [0, 0.1) is 0 Å². The summed E-state index contributed by atoms with van der Waals surface area (Å²) in [5, 5.41) is 0. The van der Waals surface area contributed by atoms with Crippen molar-refractivity contribution in [2.45, 2.75) is 13.5 Å². The molecule has 2 N–H and O–H groups in total. The molecule has 0 fully saturated rings. The highest BCUT2D eigenvalue weighted by Gasteiger charge is 2.26. The number of benzene rings is 1. The van der Waals surface area contributed by atoms with Gasteiger partial charge in [-0.2, -0.15) is 0 Å². The number of anilines is 1. The molecule has 0 bridgehead atoms. The van der Waals surface area contributed by atoms with Gasteiger partial charge in [0.05, 0.1) is 12.2 Å². The average molecular weight is 234 g/mol. The van der Waals surface area contributed by atoms with Crippen molar-refractivity contribution < 1.29 is 14.3 Å². The van der Waals surface area contributed by atoms with Crippen molar-refractivity contribution in [3.8, 4) is 5.75 Å². The maximum atomic E-state index is 11.7. The summed E-state index contributed by atoms with van der Waals surface area (Å²) in [6, 6.07) is 5.41. The summed E-state index contributed by atoms with van der Waals surface area (Å²) >= 11 is 0. The fourth-order valence-electron chi connectivity index (χ4n) is 1.77. The number of carbonyl (C=O) groups excluding carboxylic acids is 2. The van der Waals surface area contributed by atoms with Gasteiger partial charge in [0.15, 0.2) is 6.61 Å². The van der Waals surface area contributed by atoms with Crippen molar-refractivity contribution in [1.29, 1.82) is 0 Å². The van der Waals surface area contributed by atoms with Gasteiger partial charge in [-0.3, -0.25) is 14.5 Å². The van der Waals surface area contributed by atoms with Gasteiger partial charge < -0.3 is 10.5 Å². The van der Waals surface area contributed by atoms with E-state index in [9.17, 15) is 9.59 Å². The molecule has 0 saturated heterocycles. The van der Waals surface area contributed by atoms with Crippen LogP contribution in [0.1, 0.15) is 12.5 Å². The number of ketones is 1. The molecule has 1 aliphatic heterocycles. The molecule has 0 unspecified atom stereocenters. The Labute approximate surface area is 99.2 Å². The standard InChI is InChI=1S/C12H14N2O3/c1-8(15)6-14-10-4-9(5-13)2-3-11(10)17-7-12(14)16/h2-4H,5-7,13H2,1H3. The van der Waals surface area contributed by atoms with Crippen molar-refractivity contribution >= 4 is 17.4 Å². The summed E-state index contributed by atoms with van der Waals surface area (Å²) in [7, 11) is 0. The molecule has 1 heterocycles. The molecular weight excluding hydrogens is 220 g/mol. The van der Waals surface area contributed by atoms with Crippen LogP contribution in [-0.2, 0) is 16.1 Å². The van der Waals surface area contributed by atoms with E-state index in [0.717, 1.165) is 5.56 Å². The Morgan fingerprint density at radius 3 is 2.94 bits per heavy atom. The Kier molecular flexibility index (Phi) is 3.10. The zero-order valence-electron chi connectivity index (χ0n) is 9.60. The molecule has 1 amide bonds. The monoisotopic (exact) mass is 234 g/mol. The van der Waals surface area contributed by atoms with Gasteiger partial charge in [0, 0.05) is 6.54 Å².